The Bertz CT molecular complexity index is 217. The fraction of sp³-hybridized carbons (Fsp3) is 0.900. The number of nitrogens with zero attached hydrogens (tertiary/aromatic N) is 1. The standard InChI is InChI=1S/C10H17NO2/c1-7-5-11(3-2-10(7)13)9-4-8(9)6-12/h7-9,12H,2-6H2,1H3. The summed E-state index contributed by atoms with van der Waals surface area (Å²) in [5.74, 6) is 1.09. The van der Waals surface area contributed by atoms with E-state index in [1.54, 1.807) is 0 Å². The van der Waals surface area contributed by atoms with Crippen LogP contribution in [0.15, 0.2) is 0 Å². The molecule has 2 rings (SSSR count). The smallest absolute Gasteiger partial charge is 0.138 e. The van der Waals surface area contributed by atoms with Crippen molar-refractivity contribution in [1.29, 1.82) is 0 Å². The Hall–Kier alpha value is -0.410. The van der Waals surface area contributed by atoms with Crippen LogP contribution in [0.25, 0.3) is 0 Å². The van der Waals surface area contributed by atoms with Gasteiger partial charge >= 0.3 is 0 Å². The number of rotatable bonds is 2. The van der Waals surface area contributed by atoms with E-state index in [0.29, 0.717) is 30.8 Å². The number of hydrogen-bond acceptors (Lipinski definition) is 3. The van der Waals surface area contributed by atoms with Gasteiger partial charge in [0.1, 0.15) is 5.78 Å². The Labute approximate surface area is 78.7 Å². The first-order chi connectivity index (χ1) is 6.22. The molecule has 0 amide bonds. The number of aliphatic hydroxyl groups is 1. The van der Waals surface area contributed by atoms with Gasteiger partial charge < -0.3 is 5.11 Å². The van der Waals surface area contributed by atoms with E-state index in [-0.39, 0.29) is 5.92 Å². The molecule has 1 heterocycles. The van der Waals surface area contributed by atoms with E-state index < -0.39 is 0 Å². The maximum Gasteiger partial charge on any atom is 0.138 e. The van der Waals surface area contributed by atoms with E-state index in [2.05, 4.69) is 4.90 Å². The molecule has 1 aliphatic carbocycles. The fourth-order valence-corrected chi connectivity index (χ4v) is 2.22. The molecule has 0 radical (unpaired) electrons. The molecule has 2 aliphatic rings. The maximum atomic E-state index is 11.3. The van der Waals surface area contributed by atoms with Crippen molar-refractivity contribution in [3.05, 3.63) is 0 Å². The lowest BCUT2D eigenvalue weighted by molar-refractivity contribution is -0.125. The van der Waals surface area contributed by atoms with Crippen LogP contribution in [-0.4, -0.2) is 41.5 Å². The Balaban J connectivity index is 1.86. The van der Waals surface area contributed by atoms with Gasteiger partial charge in [0, 0.05) is 38.1 Å². The topological polar surface area (TPSA) is 40.5 Å². The first-order valence-corrected chi connectivity index (χ1v) is 5.10. The second kappa shape index (κ2) is 3.39. The normalized spacial score (nSPS) is 40.8. The minimum Gasteiger partial charge on any atom is -0.396 e. The van der Waals surface area contributed by atoms with Crippen molar-refractivity contribution in [3.8, 4) is 0 Å². The lowest BCUT2D eigenvalue weighted by Gasteiger charge is -2.30. The number of hydrogen-bond donors (Lipinski definition) is 1. The van der Waals surface area contributed by atoms with Crippen molar-refractivity contribution in [2.45, 2.75) is 25.8 Å². The Morgan fingerprint density at radius 1 is 1.62 bits per heavy atom. The predicted molar refractivity (Wildman–Crippen MR) is 49.3 cm³/mol. The molecule has 3 atom stereocenters. The van der Waals surface area contributed by atoms with E-state index in [1.807, 2.05) is 6.92 Å². The van der Waals surface area contributed by atoms with Crippen LogP contribution in [0.3, 0.4) is 0 Å². The summed E-state index contributed by atoms with van der Waals surface area (Å²) < 4.78 is 0. The third kappa shape index (κ3) is 1.76. The quantitative estimate of drug-likeness (QED) is 0.668. The molecular weight excluding hydrogens is 166 g/mol. The van der Waals surface area contributed by atoms with Crippen LogP contribution < -0.4 is 0 Å². The van der Waals surface area contributed by atoms with Gasteiger partial charge in [0.15, 0.2) is 0 Å². The van der Waals surface area contributed by atoms with Crippen molar-refractivity contribution in [1.82, 2.24) is 4.90 Å². The predicted octanol–water partition coefficient (Wildman–Crippen LogP) is 0.278. The van der Waals surface area contributed by atoms with Crippen molar-refractivity contribution in [2.24, 2.45) is 11.8 Å². The second-order valence-corrected chi connectivity index (χ2v) is 4.36. The van der Waals surface area contributed by atoms with Crippen LogP contribution in [0.5, 0.6) is 0 Å². The second-order valence-electron chi connectivity index (χ2n) is 4.36. The van der Waals surface area contributed by atoms with Gasteiger partial charge in [-0.15, -0.1) is 0 Å². The molecule has 2 fully saturated rings. The van der Waals surface area contributed by atoms with Crippen molar-refractivity contribution in [3.63, 3.8) is 0 Å². The van der Waals surface area contributed by atoms with E-state index >= 15 is 0 Å². The summed E-state index contributed by atoms with van der Waals surface area (Å²) in [6.45, 7) is 4.12. The largest absolute Gasteiger partial charge is 0.396 e. The molecule has 0 spiro atoms. The van der Waals surface area contributed by atoms with Gasteiger partial charge in [0.25, 0.3) is 0 Å². The van der Waals surface area contributed by atoms with Crippen molar-refractivity contribution < 1.29 is 9.90 Å². The van der Waals surface area contributed by atoms with Crippen LogP contribution in [0.2, 0.25) is 0 Å². The molecule has 74 valence electrons. The summed E-state index contributed by atoms with van der Waals surface area (Å²) >= 11 is 0. The number of Topliss-reactive ketones (excluding diaryl/α,β-unsaturated/α-hetero) is 1. The van der Waals surface area contributed by atoms with Gasteiger partial charge in [0.2, 0.25) is 0 Å². The molecule has 0 aromatic heterocycles. The molecule has 0 bridgehead atoms. The number of ketones is 1. The molecule has 13 heavy (non-hydrogen) atoms. The van der Waals surface area contributed by atoms with Crippen LogP contribution >= 0.6 is 0 Å². The van der Waals surface area contributed by atoms with Gasteiger partial charge in [-0.05, 0) is 12.3 Å². The number of likely N-dealkylation sites (tertiary alicyclic amines) is 1. The van der Waals surface area contributed by atoms with Crippen molar-refractivity contribution in [2.75, 3.05) is 19.7 Å². The van der Waals surface area contributed by atoms with Gasteiger partial charge in [-0.3, -0.25) is 9.69 Å². The third-order valence-corrected chi connectivity index (χ3v) is 3.29. The molecule has 1 saturated carbocycles. The average Bonchev–Trinajstić information content (AvgIpc) is 2.88. The molecule has 1 N–H and O–H groups in total. The Morgan fingerprint density at radius 2 is 2.38 bits per heavy atom. The Morgan fingerprint density at radius 3 is 2.92 bits per heavy atom. The first-order valence-electron chi connectivity index (χ1n) is 5.10. The molecule has 3 nitrogen and oxygen atoms in total. The highest BCUT2D eigenvalue weighted by atomic mass is 16.3. The Kier molecular flexibility index (Phi) is 2.39. The molecule has 3 heteroatoms. The monoisotopic (exact) mass is 183 g/mol. The third-order valence-electron chi connectivity index (χ3n) is 3.29. The summed E-state index contributed by atoms with van der Waals surface area (Å²) in [7, 11) is 0. The molecule has 3 unspecified atom stereocenters. The summed E-state index contributed by atoms with van der Waals surface area (Å²) in [5.41, 5.74) is 0. The van der Waals surface area contributed by atoms with E-state index in [9.17, 15) is 4.79 Å². The lowest BCUT2D eigenvalue weighted by atomic mass is 9.98. The van der Waals surface area contributed by atoms with E-state index in [1.165, 1.54) is 0 Å². The van der Waals surface area contributed by atoms with Gasteiger partial charge in [0.05, 0.1) is 0 Å². The first kappa shape index (κ1) is 9.16. The number of piperidine rings is 1. The van der Waals surface area contributed by atoms with Crippen LogP contribution in [0.1, 0.15) is 19.8 Å². The highest BCUT2D eigenvalue weighted by Gasteiger charge is 2.42. The molecular formula is C10H17NO2. The van der Waals surface area contributed by atoms with Crippen LogP contribution in [0.4, 0.5) is 0 Å². The summed E-state index contributed by atoms with van der Waals surface area (Å²) in [6, 6.07) is 0.570. The summed E-state index contributed by atoms with van der Waals surface area (Å²) in [4.78, 5) is 13.6. The number of carbonyl (C=O) groups excluding carboxylic acids is 1. The zero-order chi connectivity index (χ0) is 9.42. The fourth-order valence-electron chi connectivity index (χ4n) is 2.22. The van der Waals surface area contributed by atoms with Gasteiger partial charge in [-0.2, -0.15) is 0 Å². The lowest BCUT2D eigenvalue weighted by Crippen LogP contribution is -2.41. The molecule has 0 aromatic carbocycles. The highest BCUT2D eigenvalue weighted by Crippen LogP contribution is 2.36. The maximum absolute atomic E-state index is 11.3. The number of carbonyl (C=O) groups is 1. The van der Waals surface area contributed by atoms with E-state index in [4.69, 9.17) is 5.11 Å². The zero-order valence-electron chi connectivity index (χ0n) is 8.07. The SMILES string of the molecule is CC1CN(C2CC2CO)CCC1=O. The minimum atomic E-state index is 0.202. The average molecular weight is 183 g/mol. The summed E-state index contributed by atoms with van der Waals surface area (Å²) in [6.07, 6.45) is 1.83. The van der Waals surface area contributed by atoms with Gasteiger partial charge in [-0.1, -0.05) is 6.92 Å². The molecule has 0 aromatic rings. The van der Waals surface area contributed by atoms with Gasteiger partial charge in [-0.25, -0.2) is 0 Å². The molecule has 1 saturated heterocycles. The number of aliphatic hydroxyl groups excluding tert-OH is 1. The van der Waals surface area contributed by atoms with Crippen LogP contribution in [-0.2, 0) is 4.79 Å². The zero-order valence-corrected chi connectivity index (χ0v) is 8.07. The molecule has 1 aliphatic heterocycles. The van der Waals surface area contributed by atoms with Crippen molar-refractivity contribution >= 4 is 5.78 Å². The minimum absolute atomic E-state index is 0.202. The summed E-state index contributed by atoms with van der Waals surface area (Å²) in [5, 5.41) is 8.93. The van der Waals surface area contributed by atoms with E-state index in [0.717, 1.165) is 19.5 Å². The van der Waals surface area contributed by atoms with Crippen LogP contribution in [0, 0.1) is 11.8 Å². The highest BCUT2D eigenvalue weighted by molar-refractivity contribution is 5.81.